The molecule has 0 radical (unpaired) electrons. The van der Waals surface area contributed by atoms with Gasteiger partial charge in [0.2, 0.25) is 0 Å². The molecule has 4 rings (SSSR count). The molecule has 1 fully saturated rings. The maximum atomic E-state index is 13.1. The lowest BCUT2D eigenvalue weighted by molar-refractivity contribution is 0.0698. The molecule has 7 heteroatoms. The molecule has 2 atom stereocenters. The standard InChI is InChI=1S/C25H28Cl2N4O/c1-15-7-5-4-6-12-31(15)25(32)20-10-8-18(13-21(20)27)16(2)28-17(3)24-29-22-11-9-19(26)14-23(22)30-24/h8-11,13-15,17,28H,2,4-7,12H2,1,3H3,(H,29,30). The second kappa shape index (κ2) is 9.55. The first-order valence-corrected chi connectivity index (χ1v) is 11.8. The van der Waals surface area contributed by atoms with Crippen molar-refractivity contribution in [2.45, 2.75) is 51.6 Å². The highest BCUT2D eigenvalue weighted by molar-refractivity contribution is 6.34. The number of H-pyrrole nitrogens is 1. The average molecular weight is 471 g/mol. The number of hydrogen-bond donors (Lipinski definition) is 2. The van der Waals surface area contributed by atoms with Crippen LogP contribution >= 0.6 is 23.2 Å². The zero-order valence-corrected chi connectivity index (χ0v) is 19.9. The summed E-state index contributed by atoms with van der Waals surface area (Å²) in [4.78, 5) is 23.0. The largest absolute Gasteiger partial charge is 0.375 e. The van der Waals surface area contributed by atoms with Gasteiger partial charge < -0.3 is 15.2 Å². The summed E-state index contributed by atoms with van der Waals surface area (Å²) < 4.78 is 0. The van der Waals surface area contributed by atoms with Crippen LogP contribution in [-0.2, 0) is 0 Å². The molecule has 1 amide bonds. The Kier molecular flexibility index (Phi) is 6.77. The first kappa shape index (κ1) is 22.7. The molecule has 168 valence electrons. The van der Waals surface area contributed by atoms with E-state index in [1.54, 1.807) is 12.1 Å². The Bertz CT molecular complexity index is 1160. The van der Waals surface area contributed by atoms with Crippen LogP contribution in [0.3, 0.4) is 0 Å². The molecule has 0 aliphatic carbocycles. The van der Waals surface area contributed by atoms with Crippen molar-refractivity contribution in [2.24, 2.45) is 0 Å². The van der Waals surface area contributed by atoms with Crippen molar-refractivity contribution in [2.75, 3.05) is 6.54 Å². The molecular formula is C25H28Cl2N4O. The Morgan fingerprint density at radius 1 is 1.22 bits per heavy atom. The number of imidazole rings is 1. The molecule has 0 bridgehead atoms. The number of benzene rings is 2. The fourth-order valence-corrected chi connectivity index (χ4v) is 4.66. The Hall–Kier alpha value is -2.50. The minimum Gasteiger partial charge on any atom is -0.375 e. The number of fused-ring (bicyclic) bond motifs is 1. The topological polar surface area (TPSA) is 61.0 Å². The van der Waals surface area contributed by atoms with E-state index in [-0.39, 0.29) is 18.0 Å². The number of amides is 1. The van der Waals surface area contributed by atoms with Gasteiger partial charge in [0, 0.05) is 23.3 Å². The van der Waals surface area contributed by atoms with Gasteiger partial charge in [-0.15, -0.1) is 0 Å². The minimum absolute atomic E-state index is 0.00354. The van der Waals surface area contributed by atoms with E-state index in [4.69, 9.17) is 23.2 Å². The Balaban J connectivity index is 1.48. The summed E-state index contributed by atoms with van der Waals surface area (Å²) in [5.41, 5.74) is 3.83. The van der Waals surface area contributed by atoms with Crippen molar-refractivity contribution in [1.29, 1.82) is 0 Å². The first-order chi connectivity index (χ1) is 15.3. The molecule has 1 saturated heterocycles. The van der Waals surface area contributed by atoms with Crippen molar-refractivity contribution in [3.63, 3.8) is 0 Å². The van der Waals surface area contributed by atoms with E-state index in [0.29, 0.717) is 21.3 Å². The van der Waals surface area contributed by atoms with Crippen LogP contribution < -0.4 is 5.32 Å². The quantitative estimate of drug-likeness (QED) is 0.441. The summed E-state index contributed by atoms with van der Waals surface area (Å²) in [6.45, 7) is 9.07. The van der Waals surface area contributed by atoms with Gasteiger partial charge in [0.1, 0.15) is 5.82 Å². The van der Waals surface area contributed by atoms with Gasteiger partial charge in [0.25, 0.3) is 5.91 Å². The minimum atomic E-state index is -0.105. The van der Waals surface area contributed by atoms with Gasteiger partial charge >= 0.3 is 0 Å². The number of nitrogens with zero attached hydrogens (tertiary/aromatic N) is 2. The highest BCUT2D eigenvalue weighted by Gasteiger charge is 2.25. The molecule has 32 heavy (non-hydrogen) atoms. The number of aromatic amines is 1. The lowest BCUT2D eigenvalue weighted by Gasteiger charge is -2.27. The number of hydrogen-bond acceptors (Lipinski definition) is 3. The van der Waals surface area contributed by atoms with Gasteiger partial charge in [0.15, 0.2) is 0 Å². The van der Waals surface area contributed by atoms with Gasteiger partial charge in [0.05, 0.1) is 27.7 Å². The fraction of sp³-hybridized carbons (Fsp3) is 0.360. The van der Waals surface area contributed by atoms with Gasteiger partial charge in [-0.25, -0.2) is 4.98 Å². The van der Waals surface area contributed by atoms with Crippen LogP contribution in [0.2, 0.25) is 10.0 Å². The van der Waals surface area contributed by atoms with Gasteiger partial charge in [-0.2, -0.15) is 0 Å². The molecular weight excluding hydrogens is 443 g/mol. The molecule has 0 saturated carbocycles. The Labute approximate surface area is 198 Å². The molecule has 1 aromatic heterocycles. The van der Waals surface area contributed by atoms with Crippen LogP contribution in [0.5, 0.6) is 0 Å². The van der Waals surface area contributed by atoms with Crippen LogP contribution in [0.25, 0.3) is 16.7 Å². The molecule has 1 aliphatic rings. The zero-order valence-electron chi connectivity index (χ0n) is 18.4. The molecule has 2 aromatic carbocycles. The molecule has 3 aromatic rings. The van der Waals surface area contributed by atoms with Crippen LogP contribution in [0.4, 0.5) is 0 Å². The number of rotatable bonds is 5. The normalized spacial score (nSPS) is 17.8. The summed E-state index contributed by atoms with van der Waals surface area (Å²) in [6.07, 6.45) is 4.41. The van der Waals surface area contributed by atoms with E-state index >= 15 is 0 Å². The van der Waals surface area contributed by atoms with Gasteiger partial charge in [-0.1, -0.05) is 48.7 Å². The van der Waals surface area contributed by atoms with Gasteiger partial charge in [-0.05, 0) is 62.6 Å². The van der Waals surface area contributed by atoms with E-state index in [9.17, 15) is 4.79 Å². The first-order valence-electron chi connectivity index (χ1n) is 11.0. The number of nitrogens with one attached hydrogen (secondary N) is 2. The Morgan fingerprint density at radius 3 is 2.81 bits per heavy atom. The third kappa shape index (κ3) is 4.79. The van der Waals surface area contributed by atoms with Crippen LogP contribution in [0.1, 0.15) is 67.3 Å². The monoisotopic (exact) mass is 470 g/mol. The average Bonchev–Trinajstić information content (AvgIpc) is 3.06. The highest BCUT2D eigenvalue weighted by Crippen LogP contribution is 2.27. The number of likely N-dealkylation sites (tertiary alicyclic amines) is 1. The summed E-state index contributed by atoms with van der Waals surface area (Å²) in [5.74, 6) is 0.792. The number of halogens is 2. The summed E-state index contributed by atoms with van der Waals surface area (Å²) in [7, 11) is 0. The molecule has 0 spiro atoms. The second-order valence-corrected chi connectivity index (χ2v) is 9.36. The van der Waals surface area contributed by atoms with E-state index in [1.165, 1.54) is 12.8 Å². The van der Waals surface area contributed by atoms with Crippen LogP contribution in [-0.4, -0.2) is 33.4 Å². The predicted molar refractivity (Wildman–Crippen MR) is 132 cm³/mol. The van der Waals surface area contributed by atoms with Crippen LogP contribution in [0, 0.1) is 0 Å². The molecule has 2 N–H and O–H groups in total. The fourth-order valence-electron chi connectivity index (χ4n) is 4.23. The lowest BCUT2D eigenvalue weighted by Crippen LogP contribution is -2.38. The zero-order chi connectivity index (χ0) is 22.8. The Morgan fingerprint density at radius 2 is 2.03 bits per heavy atom. The number of carbonyl (C=O) groups excluding carboxylic acids is 1. The number of aromatic nitrogens is 2. The van der Waals surface area contributed by atoms with E-state index in [0.717, 1.165) is 41.8 Å². The molecule has 2 heterocycles. The lowest BCUT2D eigenvalue weighted by atomic mass is 10.1. The molecule has 1 aliphatic heterocycles. The number of carbonyl (C=O) groups is 1. The van der Waals surface area contributed by atoms with E-state index in [2.05, 4.69) is 28.8 Å². The second-order valence-electron chi connectivity index (χ2n) is 8.52. The summed E-state index contributed by atoms with van der Waals surface area (Å²) in [6, 6.07) is 11.2. The maximum absolute atomic E-state index is 13.1. The van der Waals surface area contributed by atoms with Crippen LogP contribution in [0.15, 0.2) is 43.0 Å². The third-order valence-electron chi connectivity index (χ3n) is 6.12. The maximum Gasteiger partial charge on any atom is 0.255 e. The molecule has 5 nitrogen and oxygen atoms in total. The van der Waals surface area contributed by atoms with E-state index < -0.39 is 0 Å². The smallest absolute Gasteiger partial charge is 0.255 e. The van der Waals surface area contributed by atoms with Crippen molar-refractivity contribution in [3.8, 4) is 0 Å². The van der Waals surface area contributed by atoms with Crippen molar-refractivity contribution in [1.82, 2.24) is 20.2 Å². The van der Waals surface area contributed by atoms with E-state index in [1.807, 2.05) is 36.1 Å². The summed E-state index contributed by atoms with van der Waals surface area (Å²) >= 11 is 12.6. The summed E-state index contributed by atoms with van der Waals surface area (Å²) in [5, 5.41) is 4.47. The SMILES string of the molecule is C=C(NC(C)c1nc2ccc(Cl)cc2[nH]1)c1ccc(C(=O)N2CCCCCC2C)c(Cl)c1. The van der Waals surface area contributed by atoms with Gasteiger partial charge in [-0.3, -0.25) is 4.79 Å². The predicted octanol–water partition coefficient (Wildman–Crippen LogP) is 6.60. The van der Waals surface area contributed by atoms with Crippen molar-refractivity contribution >= 4 is 45.8 Å². The third-order valence-corrected chi connectivity index (χ3v) is 6.67. The molecule has 2 unspecified atom stereocenters. The van der Waals surface area contributed by atoms with Crippen molar-refractivity contribution in [3.05, 3.63) is 70.0 Å². The van der Waals surface area contributed by atoms with Crippen molar-refractivity contribution < 1.29 is 4.79 Å². The highest BCUT2D eigenvalue weighted by atomic mass is 35.5.